The number of carbonyl (C=O) groups excluding carboxylic acids is 1. The molecule has 0 aromatic carbocycles. The first-order valence-corrected chi connectivity index (χ1v) is 7.30. The summed E-state index contributed by atoms with van der Waals surface area (Å²) in [4.78, 5) is 23.1. The highest BCUT2D eigenvalue weighted by atomic mass is 16.4. The van der Waals surface area contributed by atoms with Crippen LogP contribution in [0.3, 0.4) is 0 Å². The van der Waals surface area contributed by atoms with Crippen LogP contribution in [0.1, 0.15) is 60.8 Å². The third-order valence-electron chi connectivity index (χ3n) is 4.02. The SMILES string of the molecule is CC(C)CCCCNC(=O)NC(C)(C)C(C)(C)C(=O)O. The molecule has 0 bridgehead atoms. The van der Waals surface area contributed by atoms with Crippen LogP contribution >= 0.6 is 0 Å². The number of urea groups is 1. The smallest absolute Gasteiger partial charge is 0.315 e. The minimum Gasteiger partial charge on any atom is -0.481 e. The molecule has 20 heavy (non-hydrogen) atoms. The second-order valence-corrected chi connectivity index (χ2v) is 6.83. The van der Waals surface area contributed by atoms with E-state index in [0.29, 0.717) is 12.5 Å². The Morgan fingerprint density at radius 1 is 1.10 bits per heavy atom. The van der Waals surface area contributed by atoms with E-state index in [2.05, 4.69) is 24.5 Å². The van der Waals surface area contributed by atoms with Gasteiger partial charge in [-0.05, 0) is 40.0 Å². The Hall–Kier alpha value is -1.26. The fraction of sp³-hybridized carbons (Fsp3) is 0.867. The van der Waals surface area contributed by atoms with Crippen LogP contribution in [0.25, 0.3) is 0 Å². The molecule has 0 aromatic rings. The number of aliphatic carboxylic acids is 1. The van der Waals surface area contributed by atoms with Gasteiger partial charge in [0.25, 0.3) is 0 Å². The highest BCUT2D eigenvalue weighted by Crippen LogP contribution is 2.30. The van der Waals surface area contributed by atoms with Gasteiger partial charge in [-0.2, -0.15) is 0 Å². The van der Waals surface area contributed by atoms with E-state index in [-0.39, 0.29) is 6.03 Å². The Bertz CT molecular complexity index is 336. The molecule has 0 radical (unpaired) electrons. The van der Waals surface area contributed by atoms with Gasteiger partial charge in [0.15, 0.2) is 0 Å². The molecule has 0 aliphatic carbocycles. The van der Waals surface area contributed by atoms with E-state index in [1.54, 1.807) is 27.7 Å². The van der Waals surface area contributed by atoms with Crippen LogP contribution in [0.5, 0.6) is 0 Å². The monoisotopic (exact) mass is 286 g/mol. The molecule has 0 spiro atoms. The summed E-state index contributed by atoms with van der Waals surface area (Å²) in [6.07, 6.45) is 3.18. The standard InChI is InChI=1S/C15H30N2O3/c1-11(2)9-7-8-10-16-13(20)17-15(5,6)14(3,4)12(18)19/h11H,7-10H2,1-6H3,(H,18,19)(H2,16,17,20). The predicted octanol–water partition coefficient (Wildman–Crippen LogP) is 3.00. The van der Waals surface area contributed by atoms with E-state index in [4.69, 9.17) is 0 Å². The van der Waals surface area contributed by atoms with Crippen LogP contribution in [0.15, 0.2) is 0 Å². The number of rotatable bonds is 8. The fourth-order valence-corrected chi connectivity index (χ4v) is 1.63. The maximum atomic E-state index is 11.8. The quantitative estimate of drug-likeness (QED) is 0.600. The van der Waals surface area contributed by atoms with E-state index in [0.717, 1.165) is 19.3 Å². The lowest BCUT2D eigenvalue weighted by molar-refractivity contribution is -0.150. The number of carboxylic acids is 1. The van der Waals surface area contributed by atoms with Crippen LogP contribution in [0.2, 0.25) is 0 Å². The number of carbonyl (C=O) groups is 2. The van der Waals surface area contributed by atoms with Gasteiger partial charge in [0.2, 0.25) is 0 Å². The molecule has 118 valence electrons. The number of unbranched alkanes of at least 4 members (excludes halogenated alkanes) is 1. The van der Waals surface area contributed by atoms with Crippen molar-refractivity contribution in [3.8, 4) is 0 Å². The van der Waals surface area contributed by atoms with Gasteiger partial charge in [-0.15, -0.1) is 0 Å². The number of nitrogens with one attached hydrogen (secondary N) is 2. The van der Waals surface area contributed by atoms with E-state index >= 15 is 0 Å². The van der Waals surface area contributed by atoms with Crippen molar-refractivity contribution in [3.05, 3.63) is 0 Å². The molecule has 0 rings (SSSR count). The topological polar surface area (TPSA) is 78.4 Å². The van der Waals surface area contributed by atoms with Gasteiger partial charge in [0.05, 0.1) is 11.0 Å². The minimum atomic E-state index is -1.04. The Labute approximate surface area is 122 Å². The van der Waals surface area contributed by atoms with Gasteiger partial charge in [-0.3, -0.25) is 4.79 Å². The third-order valence-corrected chi connectivity index (χ3v) is 4.02. The molecule has 0 atom stereocenters. The molecule has 0 saturated carbocycles. The molecule has 5 nitrogen and oxygen atoms in total. The highest BCUT2D eigenvalue weighted by Gasteiger charge is 2.44. The fourth-order valence-electron chi connectivity index (χ4n) is 1.63. The number of carboxylic acid groups (broad SMARTS) is 1. The van der Waals surface area contributed by atoms with Crippen LogP contribution in [-0.2, 0) is 4.79 Å². The van der Waals surface area contributed by atoms with Gasteiger partial charge >= 0.3 is 12.0 Å². The first kappa shape index (κ1) is 18.7. The molecule has 2 amide bonds. The number of hydrogen-bond donors (Lipinski definition) is 3. The van der Waals surface area contributed by atoms with Crippen molar-refractivity contribution in [2.45, 2.75) is 66.3 Å². The molecule has 0 aliphatic heterocycles. The van der Waals surface area contributed by atoms with E-state index in [1.807, 2.05) is 0 Å². The van der Waals surface area contributed by atoms with E-state index in [9.17, 15) is 14.7 Å². The van der Waals surface area contributed by atoms with Crippen LogP contribution in [0.4, 0.5) is 4.79 Å². The summed E-state index contributed by atoms with van der Waals surface area (Å²) in [7, 11) is 0. The van der Waals surface area contributed by atoms with Gasteiger partial charge in [0, 0.05) is 6.54 Å². The normalized spacial score (nSPS) is 12.3. The van der Waals surface area contributed by atoms with Crippen molar-refractivity contribution in [2.75, 3.05) is 6.54 Å². The van der Waals surface area contributed by atoms with Crippen molar-refractivity contribution in [1.82, 2.24) is 10.6 Å². The molecule has 0 fully saturated rings. The maximum Gasteiger partial charge on any atom is 0.315 e. The summed E-state index contributed by atoms with van der Waals surface area (Å²) in [5.41, 5.74) is -1.87. The number of hydrogen-bond acceptors (Lipinski definition) is 2. The lowest BCUT2D eigenvalue weighted by Gasteiger charge is -2.38. The molecule has 0 aromatic heterocycles. The Kier molecular flexibility index (Phi) is 7.03. The predicted molar refractivity (Wildman–Crippen MR) is 80.7 cm³/mol. The van der Waals surface area contributed by atoms with Gasteiger partial charge in [0.1, 0.15) is 0 Å². The summed E-state index contributed by atoms with van der Waals surface area (Å²) in [5, 5.41) is 14.7. The van der Waals surface area contributed by atoms with Crippen molar-refractivity contribution in [1.29, 1.82) is 0 Å². The molecular formula is C15H30N2O3. The number of amides is 2. The van der Waals surface area contributed by atoms with Crippen molar-refractivity contribution in [2.24, 2.45) is 11.3 Å². The Morgan fingerprint density at radius 3 is 2.10 bits per heavy atom. The summed E-state index contributed by atoms with van der Waals surface area (Å²) < 4.78 is 0. The largest absolute Gasteiger partial charge is 0.481 e. The molecule has 0 aliphatic rings. The van der Waals surface area contributed by atoms with Gasteiger partial charge in [-0.1, -0.05) is 26.7 Å². The first-order chi connectivity index (χ1) is 9.00. The molecule has 0 unspecified atom stereocenters. The average molecular weight is 286 g/mol. The lowest BCUT2D eigenvalue weighted by atomic mass is 9.74. The lowest BCUT2D eigenvalue weighted by Crippen LogP contribution is -2.59. The van der Waals surface area contributed by atoms with Gasteiger partial charge < -0.3 is 15.7 Å². The highest BCUT2D eigenvalue weighted by molar-refractivity contribution is 5.79. The second kappa shape index (κ2) is 7.50. The molecular weight excluding hydrogens is 256 g/mol. The second-order valence-electron chi connectivity index (χ2n) is 6.83. The zero-order valence-electron chi connectivity index (χ0n) is 13.7. The summed E-state index contributed by atoms with van der Waals surface area (Å²) in [5.74, 6) is -0.251. The third kappa shape index (κ3) is 5.80. The summed E-state index contributed by atoms with van der Waals surface area (Å²) >= 11 is 0. The van der Waals surface area contributed by atoms with Crippen LogP contribution in [-0.4, -0.2) is 29.2 Å². The van der Waals surface area contributed by atoms with Crippen molar-refractivity contribution < 1.29 is 14.7 Å². The van der Waals surface area contributed by atoms with Crippen molar-refractivity contribution >= 4 is 12.0 Å². The Morgan fingerprint density at radius 2 is 1.65 bits per heavy atom. The van der Waals surface area contributed by atoms with Crippen molar-refractivity contribution in [3.63, 3.8) is 0 Å². The maximum absolute atomic E-state index is 11.8. The first-order valence-electron chi connectivity index (χ1n) is 7.30. The average Bonchev–Trinajstić information content (AvgIpc) is 2.26. The zero-order chi connectivity index (χ0) is 16.0. The van der Waals surface area contributed by atoms with E-state index in [1.165, 1.54) is 0 Å². The van der Waals surface area contributed by atoms with Crippen LogP contribution in [0, 0.1) is 11.3 Å². The Balaban J connectivity index is 4.17. The molecule has 0 heterocycles. The summed E-state index contributed by atoms with van der Waals surface area (Å²) in [6, 6.07) is -0.311. The summed E-state index contributed by atoms with van der Waals surface area (Å²) in [6.45, 7) is 11.6. The van der Waals surface area contributed by atoms with E-state index < -0.39 is 16.9 Å². The minimum absolute atomic E-state index is 0.311. The molecule has 0 saturated heterocycles. The zero-order valence-corrected chi connectivity index (χ0v) is 13.7. The molecule has 3 N–H and O–H groups in total. The molecule has 5 heteroatoms. The van der Waals surface area contributed by atoms with Crippen LogP contribution < -0.4 is 10.6 Å². The van der Waals surface area contributed by atoms with Gasteiger partial charge in [-0.25, -0.2) is 4.79 Å².